The largest absolute Gasteiger partial charge is 0.316 e. The maximum absolute atomic E-state index is 3.34. The van der Waals surface area contributed by atoms with Gasteiger partial charge in [-0.25, -0.2) is 0 Å². The van der Waals surface area contributed by atoms with Crippen molar-refractivity contribution in [3.8, 4) is 0 Å². The predicted octanol–water partition coefficient (Wildman–Crippen LogP) is 1.08. The highest BCUT2D eigenvalue weighted by Gasteiger charge is 2.20. The summed E-state index contributed by atoms with van der Waals surface area (Å²) in [4.78, 5) is 2.67. The Kier molecular flexibility index (Phi) is 3.01. The van der Waals surface area contributed by atoms with E-state index < -0.39 is 0 Å². The van der Waals surface area contributed by atoms with Crippen LogP contribution in [0.4, 0.5) is 0 Å². The summed E-state index contributed by atoms with van der Waals surface area (Å²) in [5.74, 6) is 0.961. The number of hydrogen-bond acceptors (Lipinski definition) is 2. The highest BCUT2D eigenvalue weighted by molar-refractivity contribution is 4.78. The lowest BCUT2D eigenvalue weighted by Crippen LogP contribution is -2.48. The molecule has 12 heavy (non-hydrogen) atoms. The zero-order valence-corrected chi connectivity index (χ0v) is 7.89. The first kappa shape index (κ1) is 8.52. The van der Waals surface area contributed by atoms with Crippen LogP contribution >= 0.6 is 0 Å². The van der Waals surface area contributed by atoms with Crippen molar-refractivity contribution in [3.63, 3.8) is 0 Å². The molecule has 2 aliphatic heterocycles. The molecule has 0 bridgehead atoms. The van der Waals surface area contributed by atoms with Crippen LogP contribution in [-0.4, -0.2) is 37.6 Å². The Morgan fingerprint density at radius 3 is 2.17 bits per heavy atom. The third kappa shape index (κ3) is 2.20. The van der Waals surface area contributed by atoms with E-state index in [0.717, 1.165) is 5.92 Å². The lowest BCUT2D eigenvalue weighted by Gasteiger charge is -2.32. The fourth-order valence-electron chi connectivity index (χ4n) is 2.16. The van der Waals surface area contributed by atoms with Crippen LogP contribution in [0.25, 0.3) is 0 Å². The highest BCUT2D eigenvalue weighted by atomic mass is 15.1. The van der Waals surface area contributed by atoms with Crippen LogP contribution < -0.4 is 5.32 Å². The summed E-state index contributed by atoms with van der Waals surface area (Å²) in [5.41, 5.74) is 0. The lowest BCUT2D eigenvalue weighted by molar-refractivity contribution is 0.198. The van der Waals surface area contributed by atoms with Crippen LogP contribution in [0, 0.1) is 5.92 Å². The number of nitrogens with zero attached hydrogens (tertiary/aromatic N) is 1. The summed E-state index contributed by atoms with van der Waals surface area (Å²) in [6, 6.07) is 0. The van der Waals surface area contributed by atoms with Gasteiger partial charge in [-0.05, 0) is 31.8 Å². The van der Waals surface area contributed by atoms with Gasteiger partial charge in [-0.2, -0.15) is 0 Å². The summed E-state index contributed by atoms with van der Waals surface area (Å²) < 4.78 is 0. The van der Waals surface area contributed by atoms with Crippen molar-refractivity contribution < 1.29 is 0 Å². The molecule has 0 aliphatic carbocycles. The molecule has 2 heteroatoms. The Balaban J connectivity index is 1.69. The maximum atomic E-state index is 3.34. The fraction of sp³-hybridized carbons (Fsp3) is 1.00. The second-order valence-electron chi connectivity index (χ2n) is 4.24. The van der Waals surface area contributed by atoms with Crippen LogP contribution in [0.15, 0.2) is 0 Å². The van der Waals surface area contributed by atoms with Gasteiger partial charge in [0.1, 0.15) is 0 Å². The first-order chi connectivity index (χ1) is 5.95. The third-order valence-electron chi connectivity index (χ3n) is 3.08. The SMILES string of the molecule is C1CCCN(CC2CNC2)CC1. The second kappa shape index (κ2) is 4.24. The van der Waals surface area contributed by atoms with Gasteiger partial charge in [0, 0.05) is 19.6 Å². The van der Waals surface area contributed by atoms with Gasteiger partial charge in [-0.15, -0.1) is 0 Å². The van der Waals surface area contributed by atoms with E-state index in [0.29, 0.717) is 0 Å². The van der Waals surface area contributed by atoms with Gasteiger partial charge in [0.25, 0.3) is 0 Å². The van der Waals surface area contributed by atoms with Crippen LogP contribution in [0.5, 0.6) is 0 Å². The molecule has 2 nitrogen and oxygen atoms in total. The molecule has 0 aromatic carbocycles. The smallest absolute Gasteiger partial charge is 0.00340 e. The molecule has 0 amide bonds. The zero-order valence-electron chi connectivity index (χ0n) is 7.89. The van der Waals surface area contributed by atoms with Crippen molar-refractivity contribution in [2.45, 2.75) is 25.7 Å². The van der Waals surface area contributed by atoms with Crippen molar-refractivity contribution in [1.82, 2.24) is 10.2 Å². The molecule has 2 heterocycles. The van der Waals surface area contributed by atoms with Gasteiger partial charge >= 0.3 is 0 Å². The van der Waals surface area contributed by atoms with E-state index in [2.05, 4.69) is 10.2 Å². The molecule has 0 aromatic rings. The Morgan fingerprint density at radius 1 is 1.00 bits per heavy atom. The van der Waals surface area contributed by atoms with Crippen LogP contribution in [0.2, 0.25) is 0 Å². The topological polar surface area (TPSA) is 15.3 Å². The van der Waals surface area contributed by atoms with Gasteiger partial charge < -0.3 is 10.2 Å². The minimum atomic E-state index is 0.961. The molecular formula is C10H20N2. The maximum Gasteiger partial charge on any atom is 0.00340 e. The van der Waals surface area contributed by atoms with Crippen LogP contribution in [0.3, 0.4) is 0 Å². The molecule has 70 valence electrons. The Hall–Kier alpha value is -0.0800. The standard InChI is InChI=1S/C10H20N2/c1-2-4-6-12(5-3-1)9-10-7-11-8-10/h10-11H,1-9H2. The average molecular weight is 168 g/mol. The van der Waals surface area contributed by atoms with Crippen molar-refractivity contribution in [2.24, 2.45) is 5.92 Å². The minimum Gasteiger partial charge on any atom is -0.316 e. The van der Waals surface area contributed by atoms with Gasteiger partial charge in [-0.3, -0.25) is 0 Å². The highest BCUT2D eigenvalue weighted by Crippen LogP contribution is 2.12. The summed E-state index contributed by atoms with van der Waals surface area (Å²) in [5, 5.41) is 3.34. The second-order valence-corrected chi connectivity index (χ2v) is 4.24. The molecule has 2 saturated heterocycles. The lowest BCUT2D eigenvalue weighted by atomic mass is 10.0. The Morgan fingerprint density at radius 2 is 1.67 bits per heavy atom. The summed E-state index contributed by atoms with van der Waals surface area (Å²) in [6.45, 7) is 6.59. The number of hydrogen-bond donors (Lipinski definition) is 1. The van der Waals surface area contributed by atoms with E-state index in [9.17, 15) is 0 Å². The molecule has 1 N–H and O–H groups in total. The minimum absolute atomic E-state index is 0.961. The number of rotatable bonds is 2. The third-order valence-corrected chi connectivity index (χ3v) is 3.08. The molecule has 2 fully saturated rings. The zero-order chi connectivity index (χ0) is 8.23. The molecule has 0 radical (unpaired) electrons. The normalized spacial score (nSPS) is 28.0. The monoisotopic (exact) mass is 168 g/mol. The Bertz CT molecular complexity index is 124. The summed E-state index contributed by atoms with van der Waals surface area (Å²) in [6.07, 6.45) is 5.78. The number of likely N-dealkylation sites (tertiary alicyclic amines) is 1. The molecule has 0 spiro atoms. The predicted molar refractivity (Wildman–Crippen MR) is 51.3 cm³/mol. The van der Waals surface area contributed by atoms with Crippen molar-refractivity contribution in [1.29, 1.82) is 0 Å². The van der Waals surface area contributed by atoms with Crippen LogP contribution in [0.1, 0.15) is 25.7 Å². The summed E-state index contributed by atoms with van der Waals surface area (Å²) in [7, 11) is 0. The summed E-state index contributed by atoms with van der Waals surface area (Å²) >= 11 is 0. The Labute approximate surface area is 75.3 Å². The van der Waals surface area contributed by atoms with Crippen molar-refractivity contribution in [3.05, 3.63) is 0 Å². The van der Waals surface area contributed by atoms with Crippen molar-refractivity contribution in [2.75, 3.05) is 32.7 Å². The van der Waals surface area contributed by atoms with E-state index in [1.807, 2.05) is 0 Å². The quantitative estimate of drug-likeness (QED) is 0.664. The van der Waals surface area contributed by atoms with Gasteiger partial charge in [0.05, 0.1) is 0 Å². The molecule has 2 rings (SSSR count). The van der Waals surface area contributed by atoms with E-state index >= 15 is 0 Å². The van der Waals surface area contributed by atoms with Crippen molar-refractivity contribution >= 4 is 0 Å². The fourth-order valence-corrected chi connectivity index (χ4v) is 2.16. The van der Waals surface area contributed by atoms with E-state index in [-0.39, 0.29) is 0 Å². The molecule has 0 unspecified atom stereocenters. The van der Waals surface area contributed by atoms with E-state index in [1.165, 1.54) is 58.4 Å². The van der Waals surface area contributed by atoms with Gasteiger partial charge in [0.15, 0.2) is 0 Å². The van der Waals surface area contributed by atoms with Gasteiger partial charge in [0.2, 0.25) is 0 Å². The van der Waals surface area contributed by atoms with E-state index in [1.54, 1.807) is 0 Å². The van der Waals surface area contributed by atoms with E-state index in [4.69, 9.17) is 0 Å². The molecule has 0 atom stereocenters. The first-order valence-corrected chi connectivity index (χ1v) is 5.38. The van der Waals surface area contributed by atoms with Gasteiger partial charge in [-0.1, -0.05) is 12.8 Å². The molecule has 0 saturated carbocycles. The molecule has 0 aromatic heterocycles. The number of nitrogens with one attached hydrogen (secondary N) is 1. The first-order valence-electron chi connectivity index (χ1n) is 5.38. The van der Waals surface area contributed by atoms with Crippen LogP contribution in [-0.2, 0) is 0 Å². The molecular weight excluding hydrogens is 148 g/mol. The average Bonchev–Trinajstić information content (AvgIpc) is 2.24. The molecule has 2 aliphatic rings.